The van der Waals surface area contributed by atoms with Crippen LogP contribution < -0.4 is 11.1 Å². The summed E-state index contributed by atoms with van der Waals surface area (Å²) in [6.45, 7) is 0. The smallest absolute Gasteiger partial charge is 0.257 e. The summed E-state index contributed by atoms with van der Waals surface area (Å²) in [5, 5.41) is 10.6. The van der Waals surface area contributed by atoms with Crippen molar-refractivity contribution in [2.45, 2.75) is 0 Å². The predicted molar refractivity (Wildman–Crippen MR) is 82.6 cm³/mol. The number of nitrogens with two attached hydrogens (primary N) is 1. The maximum Gasteiger partial charge on any atom is 0.257 e. The fourth-order valence-corrected chi connectivity index (χ4v) is 2.30. The Morgan fingerprint density at radius 3 is 2.95 bits per heavy atom. The van der Waals surface area contributed by atoms with Crippen LogP contribution in [0.5, 0.6) is 0 Å². The lowest BCUT2D eigenvalue weighted by molar-refractivity contribution is 0.102. The maximum absolute atomic E-state index is 12.2. The van der Waals surface area contributed by atoms with E-state index in [9.17, 15) is 4.79 Å². The van der Waals surface area contributed by atoms with E-state index >= 15 is 0 Å². The molecule has 0 aliphatic rings. The van der Waals surface area contributed by atoms with Crippen LogP contribution in [0, 0.1) is 0 Å². The molecule has 1 amide bonds. The van der Waals surface area contributed by atoms with Gasteiger partial charge in [0, 0.05) is 21.2 Å². The van der Waals surface area contributed by atoms with Crippen molar-refractivity contribution in [3.63, 3.8) is 0 Å². The van der Waals surface area contributed by atoms with Crippen molar-refractivity contribution in [3.05, 3.63) is 52.6 Å². The van der Waals surface area contributed by atoms with Crippen LogP contribution in [0.1, 0.15) is 10.4 Å². The summed E-state index contributed by atoms with van der Waals surface area (Å²) in [6.07, 6.45) is 1.73. The second-order valence-corrected chi connectivity index (χ2v) is 5.27. The molecule has 0 aliphatic heterocycles. The molecule has 6 heteroatoms. The average Bonchev–Trinajstić information content (AvgIpc) is 2.89. The van der Waals surface area contributed by atoms with Crippen LogP contribution in [-0.2, 0) is 0 Å². The highest BCUT2D eigenvalue weighted by Gasteiger charge is 2.11. The van der Waals surface area contributed by atoms with Gasteiger partial charge < -0.3 is 11.1 Å². The summed E-state index contributed by atoms with van der Waals surface area (Å²) in [7, 11) is 0. The first-order valence-corrected chi connectivity index (χ1v) is 6.72. The van der Waals surface area contributed by atoms with Gasteiger partial charge in [-0.25, -0.2) is 0 Å². The van der Waals surface area contributed by atoms with E-state index in [-0.39, 0.29) is 5.91 Å². The second-order valence-electron chi connectivity index (χ2n) is 4.36. The molecule has 0 radical (unpaired) electrons. The van der Waals surface area contributed by atoms with E-state index in [2.05, 4.69) is 31.4 Å². The van der Waals surface area contributed by atoms with Crippen LogP contribution in [0.2, 0.25) is 0 Å². The summed E-state index contributed by atoms with van der Waals surface area (Å²) >= 11 is 3.33. The van der Waals surface area contributed by atoms with E-state index in [1.165, 1.54) is 0 Å². The molecule has 5 nitrogen and oxygen atoms in total. The molecule has 0 saturated carbocycles. The molecule has 1 heterocycles. The van der Waals surface area contributed by atoms with Gasteiger partial charge >= 0.3 is 0 Å². The number of hydrogen-bond acceptors (Lipinski definition) is 3. The number of halogens is 1. The monoisotopic (exact) mass is 330 g/mol. The molecule has 3 rings (SSSR count). The zero-order chi connectivity index (χ0) is 14.1. The highest BCUT2D eigenvalue weighted by atomic mass is 79.9. The number of nitrogens with zero attached hydrogens (tertiary/aromatic N) is 1. The third kappa shape index (κ3) is 2.37. The molecule has 100 valence electrons. The lowest BCUT2D eigenvalue weighted by Crippen LogP contribution is -2.14. The van der Waals surface area contributed by atoms with Gasteiger partial charge in [0.05, 0.1) is 17.3 Å². The number of fused-ring (bicyclic) bond motifs is 1. The summed E-state index contributed by atoms with van der Waals surface area (Å²) in [6, 6.07) is 10.7. The molecule has 1 aromatic heterocycles. The lowest BCUT2D eigenvalue weighted by atomic mass is 10.1. The number of H-pyrrole nitrogens is 1. The summed E-state index contributed by atoms with van der Waals surface area (Å²) in [5.41, 5.74) is 8.24. The number of hydrogen-bond donors (Lipinski definition) is 3. The molecule has 3 aromatic rings. The van der Waals surface area contributed by atoms with E-state index < -0.39 is 0 Å². The minimum absolute atomic E-state index is 0.248. The third-order valence-electron chi connectivity index (χ3n) is 2.96. The molecule has 20 heavy (non-hydrogen) atoms. The quantitative estimate of drug-likeness (QED) is 0.631. The number of anilines is 2. The Bertz CT molecular complexity index is 797. The zero-order valence-corrected chi connectivity index (χ0v) is 11.9. The van der Waals surface area contributed by atoms with Crippen molar-refractivity contribution in [3.8, 4) is 0 Å². The number of rotatable bonds is 2. The minimum atomic E-state index is -0.248. The number of carbonyl (C=O) groups excluding carboxylic acids is 1. The van der Waals surface area contributed by atoms with Gasteiger partial charge in [0.2, 0.25) is 0 Å². The molecule has 2 aromatic carbocycles. The van der Waals surface area contributed by atoms with Crippen molar-refractivity contribution >= 4 is 44.1 Å². The van der Waals surface area contributed by atoms with E-state index in [4.69, 9.17) is 5.73 Å². The normalized spacial score (nSPS) is 10.7. The van der Waals surface area contributed by atoms with Gasteiger partial charge in [0.25, 0.3) is 5.91 Å². The number of benzene rings is 2. The molecule has 0 saturated heterocycles. The average molecular weight is 331 g/mol. The minimum Gasteiger partial charge on any atom is -0.398 e. The van der Waals surface area contributed by atoms with Crippen LogP contribution in [0.3, 0.4) is 0 Å². The van der Waals surface area contributed by atoms with E-state index in [0.29, 0.717) is 16.9 Å². The number of nitrogen functional groups attached to an aromatic ring is 1. The van der Waals surface area contributed by atoms with Crippen molar-refractivity contribution in [1.29, 1.82) is 0 Å². The molecular formula is C14H11BrN4O. The first-order valence-electron chi connectivity index (χ1n) is 5.93. The molecule has 0 unspecified atom stereocenters. The van der Waals surface area contributed by atoms with Gasteiger partial charge in [-0.3, -0.25) is 9.89 Å². The molecule has 0 aliphatic carbocycles. The Labute approximate surface area is 123 Å². The first kappa shape index (κ1) is 12.7. The molecule has 0 fully saturated rings. The number of nitrogens with one attached hydrogen (secondary N) is 2. The summed E-state index contributed by atoms with van der Waals surface area (Å²) in [5.74, 6) is -0.248. The SMILES string of the molecule is Nc1ccc(Br)cc1C(=O)Nc1ccc2cn[nH]c2c1. The number of carbonyl (C=O) groups is 1. The van der Waals surface area contributed by atoms with Crippen LogP contribution in [-0.4, -0.2) is 16.1 Å². The molecule has 0 spiro atoms. The van der Waals surface area contributed by atoms with Gasteiger partial charge in [-0.05, 0) is 36.4 Å². The third-order valence-corrected chi connectivity index (χ3v) is 3.45. The zero-order valence-electron chi connectivity index (χ0n) is 10.4. The van der Waals surface area contributed by atoms with Crippen molar-refractivity contribution in [1.82, 2.24) is 10.2 Å². The van der Waals surface area contributed by atoms with Crippen LogP contribution in [0.4, 0.5) is 11.4 Å². The van der Waals surface area contributed by atoms with E-state index in [0.717, 1.165) is 15.4 Å². The Balaban J connectivity index is 1.89. The fraction of sp³-hybridized carbons (Fsp3) is 0. The Morgan fingerprint density at radius 1 is 1.25 bits per heavy atom. The van der Waals surface area contributed by atoms with Gasteiger partial charge in [-0.15, -0.1) is 0 Å². The standard InChI is InChI=1S/C14H11BrN4O/c15-9-2-4-12(16)11(5-9)14(20)18-10-3-1-8-7-17-19-13(8)6-10/h1-7H,16H2,(H,17,19)(H,18,20). The summed E-state index contributed by atoms with van der Waals surface area (Å²) in [4.78, 5) is 12.2. The van der Waals surface area contributed by atoms with Crippen molar-refractivity contribution in [2.24, 2.45) is 0 Å². The van der Waals surface area contributed by atoms with Gasteiger partial charge in [-0.1, -0.05) is 15.9 Å². The van der Waals surface area contributed by atoms with Gasteiger partial charge in [-0.2, -0.15) is 5.10 Å². The maximum atomic E-state index is 12.2. The fourth-order valence-electron chi connectivity index (χ4n) is 1.94. The topological polar surface area (TPSA) is 83.8 Å². The van der Waals surface area contributed by atoms with Gasteiger partial charge in [0.1, 0.15) is 0 Å². The number of aromatic amines is 1. The lowest BCUT2D eigenvalue weighted by Gasteiger charge is -2.08. The van der Waals surface area contributed by atoms with Gasteiger partial charge in [0.15, 0.2) is 0 Å². The van der Waals surface area contributed by atoms with E-state index in [1.807, 2.05) is 18.2 Å². The van der Waals surface area contributed by atoms with Crippen molar-refractivity contribution in [2.75, 3.05) is 11.1 Å². The molecular weight excluding hydrogens is 320 g/mol. The highest BCUT2D eigenvalue weighted by Crippen LogP contribution is 2.21. The Hall–Kier alpha value is -2.34. The summed E-state index contributed by atoms with van der Waals surface area (Å²) < 4.78 is 0.806. The first-order chi connectivity index (χ1) is 9.63. The Kier molecular flexibility index (Phi) is 3.15. The number of aromatic nitrogens is 2. The van der Waals surface area contributed by atoms with Crippen LogP contribution >= 0.6 is 15.9 Å². The largest absolute Gasteiger partial charge is 0.398 e. The predicted octanol–water partition coefficient (Wildman–Crippen LogP) is 3.16. The van der Waals surface area contributed by atoms with E-state index in [1.54, 1.807) is 24.4 Å². The van der Waals surface area contributed by atoms with Crippen LogP contribution in [0.25, 0.3) is 10.9 Å². The highest BCUT2D eigenvalue weighted by molar-refractivity contribution is 9.10. The molecule has 0 bridgehead atoms. The number of amides is 1. The van der Waals surface area contributed by atoms with Crippen LogP contribution in [0.15, 0.2) is 47.1 Å². The molecule has 4 N–H and O–H groups in total. The molecule has 0 atom stereocenters. The van der Waals surface area contributed by atoms with Crippen molar-refractivity contribution < 1.29 is 4.79 Å². The Morgan fingerprint density at radius 2 is 2.10 bits per heavy atom. The second kappa shape index (κ2) is 4.97.